The van der Waals surface area contributed by atoms with Gasteiger partial charge >= 0.3 is 0 Å². The van der Waals surface area contributed by atoms with Gasteiger partial charge in [-0.15, -0.1) is 6.58 Å². The van der Waals surface area contributed by atoms with E-state index >= 15 is 0 Å². The van der Waals surface area contributed by atoms with Gasteiger partial charge in [0.25, 0.3) is 6.08 Å². The lowest BCUT2D eigenvalue weighted by Crippen LogP contribution is -1.91. The Hall–Kier alpha value is -2.88. The molecule has 0 heterocycles. The minimum Gasteiger partial charge on any atom is -0.206 e. The zero-order chi connectivity index (χ0) is 18.7. The van der Waals surface area contributed by atoms with Crippen LogP contribution in [0.5, 0.6) is 0 Å². The standard InChI is InChI=1S/C22H16F4/c1-2-3-4-14-5-9-18(20(23)11-14)15-8-10-19-16(12-15)6-7-17(22(19)26)13-21(24)25/h2,5-13H,1,3-4H2. The second-order valence-electron chi connectivity index (χ2n) is 5.98. The van der Waals surface area contributed by atoms with E-state index < -0.39 is 11.9 Å². The van der Waals surface area contributed by atoms with Gasteiger partial charge in [-0.1, -0.05) is 42.5 Å². The van der Waals surface area contributed by atoms with Crippen LogP contribution >= 0.6 is 0 Å². The predicted octanol–water partition coefficient (Wildman–Crippen LogP) is 7.14. The molecule has 132 valence electrons. The van der Waals surface area contributed by atoms with Crippen molar-refractivity contribution in [3.63, 3.8) is 0 Å². The van der Waals surface area contributed by atoms with Crippen molar-refractivity contribution in [2.75, 3.05) is 0 Å². The number of halogens is 4. The van der Waals surface area contributed by atoms with Crippen molar-refractivity contribution >= 4 is 16.8 Å². The molecule has 0 atom stereocenters. The third kappa shape index (κ3) is 3.69. The van der Waals surface area contributed by atoms with Crippen molar-refractivity contribution in [1.29, 1.82) is 0 Å². The van der Waals surface area contributed by atoms with Gasteiger partial charge in [0.2, 0.25) is 0 Å². The molecule has 0 aliphatic heterocycles. The lowest BCUT2D eigenvalue weighted by molar-refractivity contribution is 0.429. The van der Waals surface area contributed by atoms with Crippen LogP contribution in [0.1, 0.15) is 17.5 Å². The number of aryl methyl sites for hydroxylation is 1. The van der Waals surface area contributed by atoms with E-state index in [-0.39, 0.29) is 16.8 Å². The molecule has 0 N–H and O–H groups in total. The van der Waals surface area contributed by atoms with Crippen LogP contribution in [0.2, 0.25) is 0 Å². The molecule has 3 aromatic carbocycles. The van der Waals surface area contributed by atoms with Crippen LogP contribution in [0, 0.1) is 11.6 Å². The Morgan fingerprint density at radius 3 is 2.46 bits per heavy atom. The van der Waals surface area contributed by atoms with Gasteiger partial charge in [-0.3, -0.25) is 0 Å². The number of allylic oxidation sites excluding steroid dienone is 1. The van der Waals surface area contributed by atoms with E-state index in [2.05, 4.69) is 6.58 Å². The molecule has 0 spiro atoms. The summed E-state index contributed by atoms with van der Waals surface area (Å²) in [6.07, 6.45) is 1.79. The normalized spacial score (nSPS) is 10.8. The Bertz CT molecular complexity index is 998. The number of rotatable bonds is 5. The first-order valence-electron chi connectivity index (χ1n) is 8.14. The van der Waals surface area contributed by atoms with Gasteiger partial charge in [0, 0.05) is 22.6 Å². The van der Waals surface area contributed by atoms with Crippen LogP contribution in [-0.2, 0) is 6.42 Å². The molecule has 3 rings (SSSR count). The molecule has 0 aromatic heterocycles. The van der Waals surface area contributed by atoms with Crippen molar-refractivity contribution in [3.8, 4) is 11.1 Å². The molecule has 0 aliphatic carbocycles. The summed E-state index contributed by atoms with van der Waals surface area (Å²) >= 11 is 0. The van der Waals surface area contributed by atoms with E-state index in [9.17, 15) is 17.6 Å². The number of fused-ring (bicyclic) bond motifs is 1. The second kappa shape index (κ2) is 7.56. The molecule has 0 unspecified atom stereocenters. The van der Waals surface area contributed by atoms with Crippen molar-refractivity contribution in [3.05, 3.63) is 90.0 Å². The fourth-order valence-electron chi connectivity index (χ4n) is 2.92. The summed E-state index contributed by atoms with van der Waals surface area (Å²) in [6, 6.07) is 12.6. The quantitative estimate of drug-likeness (QED) is 0.337. The maximum absolute atomic E-state index is 14.5. The highest BCUT2D eigenvalue weighted by Crippen LogP contribution is 2.30. The maximum atomic E-state index is 14.5. The average molecular weight is 356 g/mol. The fraction of sp³-hybridized carbons (Fsp3) is 0.0909. The first-order valence-corrected chi connectivity index (χ1v) is 8.14. The summed E-state index contributed by atoms with van der Waals surface area (Å²) in [4.78, 5) is 0. The van der Waals surface area contributed by atoms with Crippen molar-refractivity contribution in [1.82, 2.24) is 0 Å². The Labute approximate surface area is 149 Å². The molecule has 0 saturated carbocycles. The van der Waals surface area contributed by atoms with E-state index in [1.807, 2.05) is 6.07 Å². The zero-order valence-corrected chi connectivity index (χ0v) is 13.9. The molecule has 0 amide bonds. The molecule has 0 bridgehead atoms. The van der Waals surface area contributed by atoms with E-state index in [0.29, 0.717) is 29.0 Å². The molecule has 0 radical (unpaired) electrons. The predicted molar refractivity (Wildman–Crippen MR) is 98.0 cm³/mol. The maximum Gasteiger partial charge on any atom is 0.271 e. The molecule has 0 nitrogen and oxygen atoms in total. The Morgan fingerprint density at radius 1 is 0.962 bits per heavy atom. The third-order valence-corrected chi connectivity index (χ3v) is 4.23. The molecule has 0 aliphatic rings. The van der Waals surface area contributed by atoms with Crippen LogP contribution < -0.4 is 0 Å². The largest absolute Gasteiger partial charge is 0.271 e. The van der Waals surface area contributed by atoms with Gasteiger partial charge in [0.1, 0.15) is 11.6 Å². The molecular formula is C22H16F4. The topological polar surface area (TPSA) is 0 Å². The van der Waals surface area contributed by atoms with Crippen LogP contribution in [-0.4, -0.2) is 0 Å². The Morgan fingerprint density at radius 2 is 1.77 bits per heavy atom. The summed E-state index contributed by atoms with van der Waals surface area (Å²) in [5.74, 6) is -1.08. The molecule has 0 saturated heterocycles. The monoisotopic (exact) mass is 356 g/mol. The highest BCUT2D eigenvalue weighted by Gasteiger charge is 2.11. The minimum absolute atomic E-state index is 0.178. The average Bonchev–Trinajstić information content (AvgIpc) is 2.62. The highest BCUT2D eigenvalue weighted by molar-refractivity contribution is 5.89. The summed E-state index contributed by atoms with van der Waals surface area (Å²) in [6.45, 7) is 3.65. The van der Waals surface area contributed by atoms with E-state index in [4.69, 9.17) is 0 Å². The molecule has 0 fully saturated rings. The van der Waals surface area contributed by atoms with Gasteiger partial charge in [-0.25, -0.2) is 8.78 Å². The summed E-state index contributed by atoms with van der Waals surface area (Å²) < 4.78 is 53.6. The highest BCUT2D eigenvalue weighted by atomic mass is 19.3. The zero-order valence-electron chi connectivity index (χ0n) is 13.9. The SMILES string of the molecule is C=CCCc1ccc(-c2ccc3c(F)c(C=C(F)F)ccc3c2)c(F)c1. The van der Waals surface area contributed by atoms with Gasteiger partial charge < -0.3 is 0 Å². The Balaban J connectivity index is 2.02. The number of benzene rings is 3. The van der Waals surface area contributed by atoms with Crippen LogP contribution in [0.3, 0.4) is 0 Å². The van der Waals surface area contributed by atoms with Crippen LogP contribution in [0.4, 0.5) is 17.6 Å². The van der Waals surface area contributed by atoms with E-state index in [1.165, 1.54) is 18.2 Å². The van der Waals surface area contributed by atoms with Gasteiger partial charge in [0.05, 0.1) is 0 Å². The van der Waals surface area contributed by atoms with Gasteiger partial charge in [-0.05, 0) is 41.5 Å². The first kappa shape index (κ1) is 17.9. The van der Waals surface area contributed by atoms with E-state index in [1.54, 1.807) is 30.3 Å². The summed E-state index contributed by atoms with van der Waals surface area (Å²) in [5.41, 5.74) is 1.71. The smallest absolute Gasteiger partial charge is 0.206 e. The fourth-order valence-corrected chi connectivity index (χ4v) is 2.92. The molecular weight excluding hydrogens is 340 g/mol. The van der Waals surface area contributed by atoms with Crippen LogP contribution in [0.15, 0.2) is 67.3 Å². The van der Waals surface area contributed by atoms with Crippen LogP contribution in [0.25, 0.3) is 28.0 Å². The number of hydrogen-bond acceptors (Lipinski definition) is 0. The van der Waals surface area contributed by atoms with Crippen molar-refractivity contribution in [2.24, 2.45) is 0 Å². The van der Waals surface area contributed by atoms with E-state index in [0.717, 1.165) is 12.0 Å². The molecule has 26 heavy (non-hydrogen) atoms. The second-order valence-corrected chi connectivity index (χ2v) is 5.98. The lowest BCUT2D eigenvalue weighted by atomic mass is 9.97. The van der Waals surface area contributed by atoms with Crippen molar-refractivity contribution in [2.45, 2.75) is 12.8 Å². The lowest BCUT2D eigenvalue weighted by Gasteiger charge is -2.09. The van der Waals surface area contributed by atoms with Crippen molar-refractivity contribution < 1.29 is 17.6 Å². The van der Waals surface area contributed by atoms with Gasteiger partial charge in [0.15, 0.2) is 0 Å². The number of hydrogen-bond donors (Lipinski definition) is 0. The third-order valence-electron chi connectivity index (χ3n) is 4.23. The first-order chi connectivity index (χ1) is 12.5. The van der Waals surface area contributed by atoms with Gasteiger partial charge in [-0.2, -0.15) is 8.78 Å². The molecule has 4 heteroatoms. The summed E-state index contributed by atoms with van der Waals surface area (Å²) in [7, 11) is 0. The Kier molecular flexibility index (Phi) is 5.21. The minimum atomic E-state index is -1.96. The summed E-state index contributed by atoms with van der Waals surface area (Å²) in [5, 5.41) is 0.735. The molecule has 3 aromatic rings.